The number of aliphatic hydroxyl groups excluding tert-OH is 3. The number of carbonyl (C=O) groups excluding carboxylic acids is 1. The normalized spacial score (nSPS) is 37.0. The van der Waals surface area contributed by atoms with Crippen molar-refractivity contribution in [3.05, 3.63) is 0 Å². The van der Waals surface area contributed by atoms with Crippen LogP contribution < -0.4 is 10.6 Å². The Kier molecular flexibility index (Phi) is 8.57. The maximum atomic E-state index is 14.3. The van der Waals surface area contributed by atoms with Crippen molar-refractivity contribution in [2.75, 3.05) is 12.8 Å². The average molecular weight is 448 g/mol. The molecule has 0 spiro atoms. The largest absolute Gasteiger partial charge is 0.388 e. The summed E-state index contributed by atoms with van der Waals surface area (Å²) in [6, 6.07) is -2.81. The van der Waals surface area contributed by atoms with Gasteiger partial charge in [0.1, 0.15) is 35.9 Å². The molecule has 0 unspecified atom stereocenters. The van der Waals surface area contributed by atoms with Gasteiger partial charge in [0.2, 0.25) is 12.3 Å². The molecule has 0 radical (unpaired) electrons. The van der Waals surface area contributed by atoms with Crippen LogP contribution >= 0.6 is 11.8 Å². The van der Waals surface area contributed by atoms with Crippen LogP contribution in [0.3, 0.4) is 0 Å². The standard InChI is InChI=1S/C17H28F4N2O5S/c1-17(20,21)14(13-11(25)10(24)12(26)16(28-13)29-2)23-15(27)8-5-7(6-22-8)3-4-9(18)19/h7-14,16,22,24-26H,3-6H2,1-2H3,(H,23,27)/t7-,8+,10+,11-,12-,13+,14+,16-/m1/s1. The number of rotatable bonds is 8. The van der Waals surface area contributed by atoms with E-state index in [2.05, 4.69) is 10.6 Å². The number of halogens is 4. The van der Waals surface area contributed by atoms with E-state index in [1.807, 2.05) is 0 Å². The molecule has 1 amide bonds. The van der Waals surface area contributed by atoms with E-state index in [-0.39, 0.29) is 25.2 Å². The van der Waals surface area contributed by atoms with Gasteiger partial charge in [-0.1, -0.05) is 0 Å². The molecule has 0 aromatic heterocycles. The summed E-state index contributed by atoms with van der Waals surface area (Å²) >= 11 is 0.969. The van der Waals surface area contributed by atoms with Gasteiger partial charge in [0.15, 0.2) is 0 Å². The molecule has 8 atom stereocenters. The molecule has 2 fully saturated rings. The molecule has 0 aromatic rings. The first-order valence-electron chi connectivity index (χ1n) is 9.37. The van der Waals surface area contributed by atoms with Crippen LogP contribution in [0.4, 0.5) is 17.6 Å². The first-order chi connectivity index (χ1) is 13.5. The summed E-state index contributed by atoms with van der Waals surface area (Å²) < 4.78 is 58.6. The van der Waals surface area contributed by atoms with E-state index in [0.29, 0.717) is 13.5 Å². The van der Waals surface area contributed by atoms with Crippen molar-refractivity contribution in [2.24, 2.45) is 5.92 Å². The third-order valence-corrected chi connectivity index (χ3v) is 6.20. The number of nitrogens with one attached hydrogen (secondary N) is 2. The van der Waals surface area contributed by atoms with E-state index in [1.165, 1.54) is 6.26 Å². The summed E-state index contributed by atoms with van der Waals surface area (Å²) in [6.07, 6.45) is -7.48. The lowest BCUT2D eigenvalue weighted by Crippen LogP contribution is -2.67. The molecule has 29 heavy (non-hydrogen) atoms. The molecule has 5 N–H and O–H groups in total. The number of carbonyl (C=O) groups is 1. The molecule has 7 nitrogen and oxygen atoms in total. The molecular weight excluding hydrogens is 420 g/mol. The van der Waals surface area contributed by atoms with Crippen LogP contribution in [-0.4, -0.2) is 88.3 Å². The van der Waals surface area contributed by atoms with Crippen LogP contribution in [0.5, 0.6) is 0 Å². The fraction of sp³-hybridized carbons (Fsp3) is 0.941. The number of hydrogen-bond donors (Lipinski definition) is 5. The number of aliphatic hydroxyl groups is 3. The van der Waals surface area contributed by atoms with Gasteiger partial charge in [-0.15, -0.1) is 11.8 Å². The second kappa shape index (κ2) is 10.1. The molecular formula is C17H28F4N2O5S. The SMILES string of the molecule is CS[C@H]1O[C@H]([C@H](NC(=O)[C@@H]2C[C@@H](CCC(F)F)CN2)C(C)(F)F)[C@H](O)[C@H](O)[C@H]1O. The lowest BCUT2D eigenvalue weighted by Gasteiger charge is -2.44. The fourth-order valence-corrected chi connectivity index (χ4v) is 4.36. The van der Waals surface area contributed by atoms with Gasteiger partial charge in [0.25, 0.3) is 5.92 Å². The zero-order valence-corrected chi connectivity index (χ0v) is 16.9. The number of ether oxygens (including phenoxy) is 1. The summed E-state index contributed by atoms with van der Waals surface area (Å²) in [5.74, 6) is -4.46. The van der Waals surface area contributed by atoms with Crippen LogP contribution in [0.1, 0.15) is 26.2 Å². The van der Waals surface area contributed by atoms with Gasteiger partial charge in [-0.2, -0.15) is 0 Å². The molecule has 2 heterocycles. The van der Waals surface area contributed by atoms with Gasteiger partial charge in [0, 0.05) is 13.3 Å². The van der Waals surface area contributed by atoms with Crippen LogP contribution in [0.15, 0.2) is 0 Å². The first kappa shape index (κ1) is 24.6. The predicted octanol–water partition coefficient (Wildman–Crippen LogP) is 0.320. The minimum absolute atomic E-state index is 0.172. The zero-order chi connectivity index (χ0) is 21.9. The minimum atomic E-state index is -3.51. The average Bonchev–Trinajstić information content (AvgIpc) is 3.11. The Hall–Kier alpha value is -0.660. The Balaban J connectivity index is 2.06. The first-order valence-corrected chi connectivity index (χ1v) is 10.7. The lowest BCUT2D eigenvalue weighted by molar-refractivity contribution is -0.222. The van der Waals surface area contributed by atoms with Crippen molar-refractivity contribution in [1.29, 1.82) is 0 Å². The molecule has 0 aromatic carbocycles. The van der Waals surface area contributed by atoms with E-state index >= 15 is 0 Å². The van der Waals surface area contributed by atoms with Crippen LogP contribution in [0.25, 0.3) is 0 Å². The Morgan fingerprint density at radius 2 is 1.93 bits per heavy atom. The van der Waals surface area contributed by atoms with Crippen LogP contribution in [0, 0.1) is 5.92 Å². The van der Waals surface area contributed by atoms with Crippen molar-refractivity contribution < 1.29 is 42.4 Å². The summed E-state index contributed by atoms with van der Waals surface area (Å²) in [7, 11) is 0. The zero-order valence-electron chi connectivity index (χ0n) is 16.1. The maximum Gasteiger partial charge on any atom is 0.267 e. The van der Waals surface area contributed by atoms with Crippen molar-refractivity contribution >= 4 is 17.7 Å². The second-order valence-corrected chi connectivity index (χ2v) is 8.59. The Bertz CT molecular complexity index is 554. The number of thioether (sulfide) groups is 1. The quantitative estimate of drug-likeness (QED) is 0.340. The van der Waals surface area contributed by atoms with E-state index < -0.39 is 60.2 Å². The summed E-state index contributed by atoms with van der Waals surface area (Å²) in [4.78, 5) is 12.5. The van der Waals surface area contributed by atoms with E-state index in [4.69, 9.17) is 4.74 Å². The van der Waals surface area contributed by atoms with Gasteiger partial charge < -0.3 is 30.7 Å². The topological polar surface area (TPSA) is 111 Å². The summed E-state index contributed by atoms with van der Waals surface area (Å²) in [6.45, 7) is 0.868. The maximum absolute atomic E-state index is 14.3. The Labute approximate surface area is 170 Å². The lowest BCUT2D eigenvalue weighted by atomic mass is 9.91. The monoisotopic (exact) mass is 448 g/mol. The van der Waals surface area contributed by atoms with Crippen LogP contribution in [-0.2, 0) is 9.53 Å². The van der Waals surface area contributed by atoms with Crippen LogP contribution in [0.2, 0.25) is 0 Å². The van der Waals surface area contributed by atoms with E-state index in [9.17, 15) is 37.7 Å². The molecule has 0 saturated carbocycles. The Morgan fingerprint density at radius 3 is 2.48 bits per heavy atom. The van der Waals surface area contributed by atoms with Gasteiger partial charge >= 0.3 is 0 Å². The summed E-state index contributed by atoms with van der Waals surface area (Å²) in [5, 5.41) is 35.1. The molecule has 2 rings (SSSR count). The Morgan fingerprint density at radius 1 is 1.28 bits per heavy atom. The van der Waals surface area contributed by atoms with Gasteiger partial charge in [-0.25, -0.2) is 17.6 Å². The van der Waals surface area contributed by atoms with E-state index in [0.717, 1.165) is 11.8 Å². The molecule has 0 aliphatic carbocycles. The second-order valence-electron chi connectivity index (χ2n) is 7.65. The molecule has 2 aliphatic rings. The van der Waals surface area contributed by atoms with Gasteiger partial charge in [-0.05, 0) is 31.6 Å². The third kappa shape index (κ3) is 6.17. The van der Waals surface area contributed by atoms with Crippen molar-refractivity contribution in [3.8, 4) is 0 Å². The molecule has 2 saturated heterocycles. The van der Waals surface area contributed by atoms with Gasteiger partial charge in [-0.3, -0.25) is 4.79 Å². The molecule has 2 aliphatic heterocycles. The highest BCUT2D eigenvalue weighted by Gasteiger charge is 2.53. The highest BCUT2D eigenvalue weighted by atomic mass is 32.2. The van der Waals surface area contributed by atoms with E-state index in [1.54, 1.807) is 0 Å². The highest BCUT2D eigenvalue weighted by molar-refractivity contribution is 7.99. The summed E-state index contributed by atoms with van der Waals surface area (Å²) in [5.41, 5.74) is -1.07. The van der Waals surface area contributed by atoms with Crippen molar-refractivity contribution in [3.63, 3.8) is 0 Å². The molecule has 0 bridgehead atoms. The fourth-order valence-electron chi connectivity index (χ4n) is 3.69. The van der Waals surface area contributed by atoms with Crippen molar-refractivity contribution in [2.45, 2.75) is 80.5 Å². The number of amides is 1. The van der Waals surface area contributed by atoms with Gasteiger partial charge in [0.05, 0.1) is 6.04 Å². The predicted molar refractivity (Wildman–Crippen MR) is 97.9 cm³/mol. The third-order valence-electron chi connectivity index (χ3n) is 5.34. The number of alkyl halides is 4. The molecule has 12 heteroatoms. The smallest absolute Gasteiger partial charge is 0.267 e. The molecule has 170 valence electrons. The minimum Gasteiger partial charge on any atom is -0.388 e. The highest BCUT2D eigenvalue weighted by Crippen LogP contribution is 2.33. The number of hydrogen-bond acceptors (Lipinski definition) is 7. The van der Waals surface area contributed by atoms with Crippen molar-refractivity contribution in [1.82, 2.24) is 10.6 Å².